The molecule has 14 nitrogen and oxygen atoms in total. The number of carbonyl (C=O) groups is 2. The number of carbonyl (C=O) groups excluding carboxylic acids is 2. The molecule has 2 heterocycles. The number of rotatable bonds is 14. The summed E-state index contributed by atoms with van der Waals surface area (Å²) in [7, 11) is 2.81. The topological polar surface area (TPSA) is 167 Å². The fourth-order valence-electron chi connectivity index (χ4n) is 4.93. The molecule has 0 saturated heterocycles. The number of nitrogens with one attached hydrogen (secondary N) is 3. The molecule has 0 bridgehead atoms. The van der Waals surface area contributed by atoms with E-state index in [1.165, 1.54) is 20.4 Å². The number of methoxy groups -OCH3 is 2. The molecule has 4 N–H and O–H groups in total. The molecule has 0 saturated carbocycles. The summed E-state index contributed by atoms with van der Waals surface area (Å²) in [6.07, 6.45) is 0.333. The van der Waals surface area contributed by atoms with E-state index in [9.17, 15) is 14.7 Å². The quantitative estimate of drug-likeness (QED) is 0.0810. The highest BCUT2D eigenvalue weighted by Crippen LogP contribution is 2.37. The van der Waals surface area contributed by atoms with Gasteiger partial charge in [0.1, 0.15) is 13.2 Å². The number of fused-ring (bicyclic) bond motifs is 1. The Bertz CT molecular complexity index is 1730. The van der Waals surface area contributed by atoms with E-state index in [2.05, 4.69) is 37.1 Å². The van der Waals surface area contributed by atoms with Crippen molar-refractivity contribution in [3.63, 3.8) is 0 Å². The third kappa shape index (κ3) is 8.04. The van der Waals surface area contributed by atoms with E-state index in [0.717, 1.165) is 5.56 Å². The lowest BCUT2D eigenvalue weighted by Gasteiger charge is -2.28. The number of hydrogen-bond acceptors (Lipinski definition) is 12. The summed E-state index contributed by atoms with van der Waals surface area (Å²) in [5.41, 5.74) is 5.42. The maximum Gasteiger partial charge on any atom is 0.337 e. The van der Waals surface area contributed by atoms with Crippen molar-refractivity contribution in [2.24, 2.45) is 5.10 Å². The van der Waals surface area contributed by atoms with Crippen LogP contribution < -0.4 is 44.5 Å². The lowest BCUT2D eigenvalue weighted by Crippen LogP contribution is -2.45. The van der Waals surface area contributed by atoms with E-state index in [0.29, 0.717) is 62.4 Å². The average molecular weight is 728 g/mol. The predicted octanol–water partition coefficient (Wildman–Crippen LogP) is 4.29. The van der Waals surface area contributed by atoms with Gasteiger partial charge in [0.2, 0.25) is 6.79 Å². The monoisotopic (exact) mass is 726 g/mol. The molecule has 2 aliphatic heterocycles. The van der Waals surface area contributed by atoms with Crippen LogP contribution in [-0.4, -0.2) is 63.8 Å². The van der Waals surface area contributed by atoms with E-state index in [-0.39, 0.29) is 25.6 Å². The van der Waals surface area contributed by atoms with Gasteiger partial charge in [0.15, 0.2) is 40.7 Å². The Morgan fingerprint density at radius 1 is 1.06 bits per heavy atom. The van der Waals surface area contributed by atoms with Crippen LogP contribution in [0, 0.1) is 0 Å². The number of nitrogens with zero attached hydrogens (tertiary/aromatic N) is 1. The molecule has 2 atom stereocenters. The highest BCUT2D eigenvalue weighted by Gasteiger charge is 2.32. The molecule has 0 aliphatic carbocycles. The molecule has 2 amide bonds. The minimum absolute atomic E-state index is 0.176. The van der Waals surface area contributed by atoms with Crippen LogP contribution in [0.3, 0.4) is 0 Å². The lowest BCUT2D eigenvalue weighted by molar-refractivity contribution is -0.136. The summed E-state index contributed by atoms with van der Waals surface area (Å²) in [5, 5.41) is 20.0. The molecule has 0 radical (unpaired) electrons. The number of hydrogen-bond donors (Lipinski definition) is 4. The first kappa shape index (κ1) is 34.2. The smallest absolute Gasteiger partial charge is 0.337 e. The number of hydrazone groups is 1. The highest BCUT2D eigenvalue weighted by atomic mass is 79.9. The fraction of sp³-hybridized carbons (Fsp3) is 0.303. The third-order valence-corrected chi connectivity index (χ3v) is 7.90. The van der Waals surface area contributed by atoms with Gasteiger partial charge in [0.05, 0.1) is 38.7 Å². The summed E-state index contributed by atoms with van der Waals surface area (Å²) in [6.45, 7) is 4.06. The van der Waals surface area contributed by atoms with Crippen LogP contribution in [0.1, 0.15) is 36.6 Å². The second kappa shape index (κ2) is 15.6. The summed E-state index contributed by atoms with van der Waals surface area (Å²) >= 11 is 3.54. The molecular formula is C33H35BrN4O10. The molecule has 0 fully saturated rings. The predicted molar refractivity (Wildman–Crippen MR) is 177 cm³/mol. The first-order chi connectivity index (χ1) is 23.2. The Morgan fingerprint density at radius 3 is 2.62 bits per heavy atom. The van der Waals surface area contributed by atoms with Crippen LogP contribution in [-0.2, 0) is 16.1 Å². The Kier molecular flexibility index (Phi) is 11.1. The summed E-state index contributed by atoms with van der Waals surface area (Å²) in [5.74, 6) is 2.51. The zero-order valence-corrected chi connectivity index (χ0v) is 28.2. The standard InChI is InChI=1S/C33H35BrN4O10/c1-5-44-27-11-20(31-30(32(40)43-4)18(2)36-33(41)37-31)7-9-23(27)46-16-29(39)38-35-14-21-12-25(42-3)28(13-22(21)34)45-15-19-6-8-24-26(10-19)48-17-47-24/h6-14,29,31,38-39H,5,15-17H2,1-4H3,(H2,36,37,41)/b35-14-/t29-,31+/m0/s1. The van der Waals surface area contributed by atoms with Crippen LogP contribution >= 0.6 is 15.9 Å². The largest absolute Gasteiger partial charge is 0.493 e. The zero-order valence-electron chi connectivity index (χ0n) is 26.6. The van der Waals surface area contributed by atoms with Crippen molar-refractivity contribution in [2.45, 2.75) is 32.7 Å². The zero-order chi connectivity index (χ0) is 34.2. The number of benzene rings is 3. The summed E-state index contributed by atoms with van der Waals surface area (Å²) in [4.78, 5) is 24.7. The van der Waals surface area contributed by atoms with E-state index < -0.39 is 24.3 Å². The average Bonchev–Trinajstić information content (AvgIpc) is 3.55. The first-order valence-corrected chi connectivity index (χ1v) is 15.6. The molecular weight excluding hydrogens is 692 g/mol. The molecule has 0 aromatic heterocycles. The second-order valence-electron chi connectivity index (χ2n) is 10.4. The summed E-state index contributed by atoms with van der Waals surface area (Å²) in [6, 6.07) is 12.9. The van der Waals surface area contributed by atoms with Crippen molar-refractivity contribution in [1.29, 1.82) is 0 Å². The molecule has 48 heavy (non-hydrogen) atoms. The van der Waals surface area contributed by atoms with E-state index in [1.807, 2.05) is 25.1 Å². The van der Waals surface area contributed by atoms with Crippen LogP contribution in [0.4, 0.5) is 4.79 Å². The molecule has 0 spiro atoms. The van der Waals surface area contributed by atoms with Crippen LogP contribution in [0.15, 0.2) is 69.4 Å². The molecule has 15 heteroatoms. The van der Waals surface area contributed by atoms with Crippen molar-refractivity contribution >= 4 is 34.1 Å². The molecule has 5 rings (SSSR count). The third-order valence-electron chi connectivity index (χ3n) is 7.21. The molecule has 3 aromatic rings. The van der Waals surface area contributed by atoms with Gasteiger partial charge >= 0.3 is 12.0 Å². The molecule has 254 valence electrons. The Morgan fingerprint density at radius 2 is 1.85 bits per heavy atom. The Balaban J connectivity index is 1.20. The van der Waals surface area contributed by atoms with Gasteiger partial charge in [-0.3, -0.25) is 5.43 Å². The van der Waals surface area contributed by atoms with E-state index >= 15 is 0 Å². The minimum Gasteiger partial charge on any atom is -0.493 e. The number of aliphatic hydroxyl groups is 1. The van der Waals surface area contributed by atoms with Crippen molar-refractivity contribution in [2.75, 3.05) is 34.2 Å². The van der Waals surface area contributed by atoms with Gasteiger partial charge in [-0.05, 0) is 77.3 Å². The number of amides is 2. The van der Waals surface area contributed by atoms with E-state index in [4.69, 9.17) is 33.2 Å². The Labute approximate surface area is 285 Å². The Hall–Kier alpha value is -5.15. The van der Waals surface area contributed by atoms with Gasteiger partial charge in [-0.25, -0.2) is 9.59 Å². The minimum atomic E-state index is -1.18. The normalized spacial score (nSPS) is 15.8. The number of urea groups is 1. The van der Waals surface area contributed by atoms with Crippen LogP contribution in [0.5, 0.6) is 34.5 Å². The molecule has 3 aromatic carbocycles. The van der Waals surface area contributed by atoms with Gasteiger partial charge in [0, 0.05) is 15.7 Å². The number of allylic oxidation sites excluding steroid dienone is 1. The number of esters is 1. The van der Waals surface area contributed by atoms with Gasteiger partial charge in [-0.15, -0.1) is 0 Å². The SMILES string of the molecule is CCOc1cc([C@H]2NC(=O)NC(C)=C2C(=O)OC)ccc1OC[C@H](O)N/N=C\c1cc(OC)c(OCc2ccc3c(c2)OCO3)cc1Br. The highest BCUT2D eigenvalue weighted by molar-refractivity contribution is 9.10. The van der Waals surface area contributed by atoms with Crippen molar-refractivity contribution in [3.8, 4) is 34.5 Å². The number of aliphatic hydroxyl groups excluding tert-OH is 1. The first-order valence-electron chi connectivity index (χ1n) is 14.8. The molecule has 2 aliphatic rings. The maximum absolute atomic E-state index is 12.5. The maximum atomic E-state index is 12.5. The van der Waals surface area contributed by atoms with Gasteiger partial charge in [0.25, 0.3) is 0 Å². The van der Waals surface area contributed by atoms with Crippen molar-refractivity contribution < 1.29 is 47.9 Å². The van der Waals surface area contributed by atoms with Crippen LogP contribution in [0.2, 0.25) is 0 Å². The lowest BCUT2D eigenvalue weighted by atomic mass is 9.95. The van der Waals surface area contributed by atoms with E-state index in [1.54, 1.807) is 37.3 Å². The van der Waals surface area contributed by atoms with Crippen molar-refractivity contribution in [1.82, 2.24) is 16.1 Å². The second-order valence-corrected chi connectivity index (χ2v) is 11.3. The molecule has 0 unspecified atom stereocenters. The number of ether oxygens (including phenoxy) is 7. The number of halogens is 1. The fourth-order valence-corrected chi connectivity index (χ4v) is 5.35. The van der Waals surface area contributed by atoms with Gasteiger partial charge < -0.3 is 48.9 Å². The van der Waals surface area contributed by atoms with Gasteiger partial charge in [-0.2, -0.15) is 5.10 Å². The van der Waals surface area contributed by atoms with Crippen LogP contribution in [0.25, 0.3) is 0 Å². The van der Waals surface area contributed by atoms with Crippen molar-refractivity contribution in [3.05, 3.63) is 81.0 Å². The summed E-state index contributed by atoms with van der Waals surface area (Å²) < 4.78 is 39.5. The van der Waals surface area contributed by atoms with Gasteiger partial charge in [-0.1, -0.05) is 12.1 Å².